The van der Waals surface area contributed by atoms with Gasteiger partial charge in [-0.05, 0) is 18.8 Å². The largest absolute Gasteiger partial charge is 0.461 e. The van der Waals surface area contributed by atoms with Crippen LogP contribution in [0, 0.1) is 17.8 Å². The van der Waals surface area contributed by atoms with Gasteiger partial charge >= 0.3 is 5.97 Å². The molecule has 0 spiro atoms. The molecule has 0 saturated carbocycles. The highest BCUT2D eigenvalue weighted by Gasteiger charge is 2.40. The van der Waals surface area contributed by atoms with Crippen LogP contribution in [0.4, 0.5) is 0 Å². The van der Waals surface area contributed by atoms with E-state index in [0.717, 1.165) is 12.8 Å². The quantitative estimate of drug-likeness (QED) is 0.532. The number of aliphatic hydroxyl groups excluding tert-OH is 1. The van der Waals surface area contributed by atoms with E-state index in [1.165, 1.54) is 0 Å². The molecule has 14 heavy (non-hydrogen) atoms. The lowest BCUT2D eigenvalue weighted by molar-refractivity contribution is -0.165. The number of esters is 1. The van der Waals surface area contributed by atoms with E-state index in [0.29, 0.717) is 5.92 Å². The number of aliphatic hydroxyl groups is 1. The van der Waals surface area contributed by atoms with E-state index < -0.39 is 0 Å². The van der Waals surface area contributed by atoms with Crippen molar-refractivity contribution in [2.75, 3.05) is 6.61 Å². The lowest BCUT2D eigenvalue weighted by Crippen LogP contribution is -2.39. The fraction of sp³-hybridized carbons (Fsp3) is 0.727. The van der Waals surface area contributed by atoms with Gasteiger partial charge in [0.2, 0.25) is 0 Å². The molecule has 2 heterocycles. The molecule has 0 amide bonds. The van der Waals surface area contributed by atoms with Gasteiger partial charge in [0, 0.05) is 12.5 Å². The number of ether oxygens (including phenoxy) is 1. The van der Waals surface area contributed by atoms with E-state index in [-0.39, 0.29) is 30.5 Å². The molecule has 1 saturated heterocycles. The zero-order valence-electron chi connectivity index (χ0n) is 8.35. The Morgan fingerprint density at radius 2 is 2.36 bits per heavy atom. The second-order valence-electron chi connectivity index (χ2n) is 4.26. The monoisotopic (exact) mass is 196 g/mol. The molecule has 1 fully saturated rings. The Balaban J connectivity index is 2.18. The molecular formula is C11H16O3. The average Bonchev–Trinajstić information content (AvgIpc) is 2.38. The Morgan fingerprint density at radius 3 is 3.07 bits per heavy atom. The summed E-state index contributed by atoms with van der Waals surface area (Å²) in [5, 5.41) is 8.93. The first-order valence-electron chi connectivity index (χ1n) is 5.22. The number of hydrogen-bond donors (Lipinski definition) is 1. The van der Waals surface area contributed by atoms with Gasteiger partial charge < -0.3 is 9.84 Å². The Kier molecular flexibility index (Phi) is 2.59. The standard InChI is InChI=1S/C11H16O3/c1-7-2-3-9-6-8(4-5-12)10(7)14-11(9)13/h2-3,7-10,12H,4-6H2,1H3. The van der Waals surface area contributed by atoms with E-state index in [4.69, 9.17) is 9.84 Å². The Hall–Kier alpha value is -0.830. The van der Waals surface area contributed by atoms with Crippen LogP contribution >= 0.6 is 0 Å². The van der Waals surface area contributed by atoms with Crippen LogP contribution in [0.25, 0.3) is 0 Å². The summed E-state index contributed by atoms with van der Waals surface area (Å²) in [4.78, 5) is 11.4. The summed E-state index contributed by atoms with van der Waals surface area (Å²) in [6.45, 7) is 2.24. The van der Waals surface area contributed by atoms with Gasteiger partial charge in [0.05, 0.1) is 5.92 Å². The molecule has 4 unspecified atom stereocenters. The normalized spacial score (nSPS) is 40.9. The molecule has 4 atom stereocenters. The highest BCUT2D eigenvalue weighted by atomic mass is 16.5. The first-order chi connectivity index (χ1) is 6.72. The number of carbonyl (C=O) groups is 1. The first kappa shape index (κ1) is 9.71. The van der Waals surface area contributed by atoms with Gasteiger partial charge in [0.25, 0.3) is 0 Å². The molecule has 3 heteroatoms. The van der Waals surface area contributed by atoms with Crippen LogP contribution in [0.3, 0.4) is 0 Å². The lowest BCUT2D eigenvalue weighted by atomic mass is 9.84. The van der Waals surface area contributed by atoms with Crippen molar-refractivity contribution in [1.29, 1.82) is 0 Å². The summed E-state index contributed by atoms with van der Waals surface area (Å²) in [7, 11) is 0. The van der Waals surface area contributed by atoms with Crippen LogP contribution in [0.1, 0.15) is 19.8 Å². The topological polar surface area (TPSA) is 46.5 Å². The Morgan fingerprint density at radius 1 is 1.57 bits per heavy atom. The van der Waals surface area contributed by atoms with Crippen molar-refractivity contribution in [1.82, 2.24) is 0 Å². The number of hydrogen-bond acceptors (Lipinski definition) is 3. The predicted molar refractivity (Wildman–Crippen MR) is 51.5 cm³/mol. The van der Waals surface area contributed by atoms with Gasteiger partial charge in [-0.15, -0.1) is 0 Å². The summed E-state index contributed by atoms with van der Waals surface area (Å²) < 4.78 is 5.38. The maximum atomic E-state index is 11.4. The second-order valence-corrected chi connectivity index (χ2v) is 4.26. The molecule has 0 aromatic carbocycles. The molecule has 0 aromatic heterocycles. The fourth-order valence-corrected chi connectivity index (χ4v) is 2.43. The van der Waals surface area contributed by atoms with Crippen molar-refractivity contribution < 1.29 is 14.6 Å². The number of carbonyl (C=O) groups excluding carboxylic acids is 1. The third-order valence-corrected chi connectivity index (χ3v) is 3.24. The Bertz CT molecular complexity index is 259. The van der Waals surface area contributed by atoms with Gasteiger partial charge in [-0.25, -0.2) is 0 Å². The summed E-state index contributed by atoms with van der Waals surface area (Å²) in [6, 6.07) is 0. The molecule has 3 nitrogen and oxygen atoms in total. The fourth-order valence-electron chi connectivity index (χ4n) is 2.43. The summed E-state index contributed by atoms with van der Waals surface area (Å²) in [5.41, 5.74) is 0. The zero-order chi connectivity index (χ0) is 10.1. The molecule has 3 rings (SSSR count). The maximum absolute atomic E-state index is 11.4. The van der Waals surface area contributed by atoms with E-state index in [2.05, 4.69) is 13.0 Å². The minimum atomic E-state index is -0.0928. The molecule has 2 aliphatic heterocycles. The first-order valence-corrected chi connectivity index (χ1v) is 5.22. The molecule has 0 radical (unpaired) electrons. The minimum Gasteiger partial charge on any atom is -0.461 e. The average molecular weight is 196 g/mol. The molecule has 2 bridgehead atoms. The van der Waals surface area contributed by atoms with Gasteiger partial charge in [0.1, 0.15) is 6.10 Å². The molecule has 3 aliphatic rings. The Labute approximate surface area is 83.8 Å². The number of rotatable bonds is 2. The van der Waals surface area contributed by atoms with Gasteiger partial charge in [0.15, 0.2) is 0 Å². The van der Waals surface area contributed by atoms with Crippen molar-refractivity contribution in [3.63, 3.8) is 0 Å². The lowest BCUT2D eigenvalue weighted by Gasteiger charge is -2.34. The van der Waals surface area contributed by atoms with Crippen LogP contribution in [-0.2, 0) is 9.53 Å². The van der Waals surface area contributed by atoms with Gasteiger partial charge in [-0.1, -0.05) is 19.1 Å². The molecule has 1 N–H and O–H groups in total. The summed E-state index contributed by atoms with van der Waals surface area (Å²) in [6.07, 6.45) is 5.58. The van der Waals surface area contributed by atoms with Gasteiger partial charge in [-0.3, -0.25) is 4.79 Å². The SMILES string of the molecule is CC1C=CC2CC(CCO)C1OC2=O. The van der Waals surface area contributed by atoms with E-state index >= 15 is 0 Å². The summed E-state index contributed by atoms with van der Waals surface area (Å²) >= 11 is 0. The maximum Gasteiger partial charge on any atom is 0.313 e. The van der Waals surface area contributed by atoms with Crippen molar-refractivity contribution in [2.24, 2.45) is 17.8 Å². The highest BCUT2D eigenvalue weighted by Crippen LogP contribution is 2.36. The third kappa shape index (κ3) is 1.57. The van der Waals surface area contributed by atoms with Crippen molar-refractivity contribution in [3.05, 3.63) is 12.2 Å². The van der Waals surface area contributed by atoms with Gasteiger partial charge in [-0.2, -0.15) is 0 Å². The zero-order valence-corrected chi connectivity index (χ0v) is 8.35. The van der Waals surface area contributed by atoms with Crippen molar-refractivity contribution >= 4 is 5.97 Å². The predicted octanol–water partition coefficient (Wildman–Crippen LogP) is 1.12. The van der Waals surface area contributed by atoms with Crippen LogP contribution in [0.2, 0.25) is 0 Å². The van der Waals surface area contributed by atoms with Crippen LogP contribution in [0.15, 0.2) is 12.2 Å². The molecular weight excluding hydrogens is 180 g/mol. The molecule has 78 valence electrons. The minimum absolute atomic E-state index is 0.0235. The molecule has 1 aliphatic carbocycles. The van der Waals surface area contributed by atoms with Crippen LogP contribution < -0.4 is 0 Å². The highest BCUT2D eigenvalue weighted by molar-refractivity contribution is 5.76. The smallest absolute Gasteiger partial charge is 0.313 e. The number of fused-ring (bicyclic) bond motifs is 3. The van der Waals surface area contributed by atoms with Crippen LogP contribution in [0.5, 0.6) is 0 Å². The van der Waals surface area contributed by atoms with Crippen LogP contribution in [-0.4, -0.2) is 23.8 Å². The summed E-state index contributed by atoms with van der Waals surface area (Å²) in [5.74, 6) is 0.438. The van der Waals surface area contributed by atoms with Crippen molar-refractivity contribution in [3.8, 4) is 0 Å². The molecule has 0 aromatic rings. The van der Waals surface area contributed by atoms with E-state index in [1.54, 1.807) is 0 Å². The van der Waals surface area contributed by atoms with E-state index in [9.17, 15) is 4.79 Å². The second kappa shape index (κ2) is 3.73. The third-order valence-electron chi connectivity index (χ3n) is 3.24. The van der Waals surface area contributed by atoms with Crippen molar-refractivity contribution in [2.45, 2.75) is 25.9 Å². The van der Waals surface area contributed by atoms with E-state index in [1.807, 2.05) is 6.08 Å².